The van der Waals surface area contributed by atoms with E-state index in [2.05, 4.69) is 58.4 Å². The minimum Gasteiger partial charge on any atom is -0.381 e. The molecule has 0 aliphatic carbocycles. The number of rotatable bonds is 9. The molecule has 3 N–H and O–H groups in total. The van der Waals surface area contributed by atoms with Gasteiger partial charge in [0.25, 0.3) is 0 Å². The summed E-state index contributed by atoms with van der Waals surface area (Å²) in [5, 5.41) is 16.0. The number of amides is 1. The molecule has 2 aromatic rings. The largest absolute Gasteiger partial charge is 0.423 e. The van der Waals surface area contributed by atoms with Gasteiger partial charge in [0.05, 0.1) is 19.1 Å². The van der Waals surface area contributed by atoms with Gasteiger partial charge in [-0.2, -0.15) is 13.2 Å². The van der Waals surface area contributed by atoms with Crippen LogP contribution in [0.15, 0.2) is 49.8 Å². The predicted molar refractivity (Wildman–Crippen MR) is 127 cm³/mol. The molecule has 32 heavy (non-hydrogen) atoms. The topological polar surface area (TPSA) is 70.6 Å². The van der Waals surface area contributed by atoms with Crippen LogP contribution < -0.4 is 10.6 Å². The zero-order chi connectivity index (χ0) is 24.1. The fraction of sp³-hybridized carbons (Fsp3) is 0.381. The van der Waals surface area contributed by atoms with Crippen LogP contribution in [0, 0.1) is 0 Å². The Kier molecular flexibility index (Phi) is 9.59. The summed E-state index contributed by atoms with van der Waals surface area (Å²) in [6, 6.07) is 8.88. The van der Waals surface area contributed by atoms with Crippen LogP contribution >= 0.6 is 47.8 Å². The van der Waals surface area contributed by atoms with Crippen molar-refractivity contribution in [3.05, 3.63) is 60.9 Å². The molecule has 0 aromatic heterocycles. The van der Waals surface area contributed by atoms with E-state index >= 15 is 0 Å². The Morgan fingerprint density at radius 3 is 2.28 bits per heavy atom. The number of halogens is 6. The molecule has 1 amide bonds. The van der Waals surface area contributed by atoms with Gasteiger partial charge in [-0.25, -0.2) is 0 Å². The minimum atomic E-state index is -4.92. The zero-order valence-corrected chi connectivity index (χ0v) is 22.0. The second kappa shape index (κ2) is 11.3. The molecule has 0 unspecified atom stereocenters. The number of hydrogen-bond donors (Lipinski definition) is 3. The van der Waals surface area contributed by atoms with Gasteiger partial charge in [-0.15, -0.1) is 0 Å². The second-order valence-electron chi connectivity index (χ2n) is 7.20. The molecule has 0 aliphatic heterocycles. The van der Waals surface area contributed by atoms with Crippen molar-refractivity contribution >= 4 is 59.4 Å². The third kappa shape index (κ3) is 7.18. The van der Waals surface area contributed by atoms with Crippen LogP contribution in [-0.2, 0) is 21.7 Å². The van der Waals surface area contributed by atoms with Crippen molar-refractivity contribution in [3.63, 3.8) is 0 Å². The van der Waals surface area contributed by atoms with E-state index in [0.29, 0.717) is 19.1 Å². The summed E-state index contributed by atoms with van der Waals surface area (Å²) in [6.45, 7) is 1.23. The maximum atomic E-state index is 13.8. The zero-order valence-electron chi connectivity index (χ0n) is 17.2. The van der Waals surface area contributed by atoms with E-state index in [9.17, 15) is 23.1 Å². The van der Waals surface area contributed by atoms with E-state index in [4.69, 9.17) is 4.74 Å². The van der Waals surface area contributed by atoms with E-state index in [1.54, 1.807) is 31.2 Å². The van der Waals surface area contributed by atoms with E-state index in [-0.39, 0.29) is 30.5 Å². The molecule has 2 atom stereocenters. The third-order valence-corrected chi connectivity index (χ3v) is 6.42. The molecule has 0 fully saturated rings. The average Bonchev–Trinajstić information content (AvgIpc) is 2.69. The molecule has 0 saturated heterocycles. The van der Waals surface area contributed by atoms with Gasteiger partial charge in [0.15, 0.2) is 0 Å². The Hall–Kier alpha value is -1.14. The monoisotopic (exact) mass is 644 g/mol. The van der Waals surface area contributed by atoms with Gasteiger partial charge in [0, 0.05) is 32.8 Å². The van der Waals surface area contributed by atoms with Gasteiger partial charge < -0.3 is 20.5 Å². The molecule has 5 nitrogen and oxygen atoms in total. The number of anilines is 1. The summed E-state index contributed by atoms with van der Waals surface area (Å²) >= 11 is 9.68. The first-order valence-corrected chi connectivity index (χ1v) is 11.8. The van der Waals surface area contributed by atoms with E-state index < -0.39 is 18.3 Å². The second-order valence-corrected chi connectivity index (χ2v) is 9.89. The minimum absolute atomic E-state index is 0.177. The molecular formula is C21H22Br3F3N2O3. The number of benzene rings is 2. The van der Waals surface area contributed by atoms with Crippen LogP contribution in [0.4, 0.5) is 18.9 Å². The van der Waals surface area contributed by atoms with Gasteiger partial charge in [0.1, 0.15) is 0 Å². The highest BCUT2D eigenvalue weighted by Gasteiger charge is 2.55. The Labute approximate surface area is 209 Å². The molecule has 2 rings (SSSR count). The highest BCUT2D eigenvalue weighted by atomic mass is 79.9. The molecule has 0 radical (unpaired) electrons. The summed E-state index contributed by atoms with van der Waals surface area (Å²) in [6.07, 6.45) is -4.90. The first-order chi connectivity index (χ1) is 14.9. The van der Waals surface area contributed by atoms with Crippen LogP contribution in [0.3, 0.4) is 0 Å². The average molecular weight is 647 g/mol. The van der Waals surface area contributed by atoms with Crippen molar-refractivity contribution in [1.82, 2.24) is 5.32 Å². The number of hydrogen-bond acceptors (Lipinski definition) is 4. The molecular weight excluding hydrogens is 625 g/mol. The Morgan fingerprint density at radius 1 is 1.12 bits per heavy atom. The van der Waals surface area contributed by atoms with Crippen LogP contribution in [-0.4, -0.2) is 36.9 Å². The lowest BCUT2D eigenvalue weighted by Gasteiger charge is -2.32. The third-order valence-electron chi connectivity index (χ3n) is 4.76. The van der Waals surface area contributed by atoms with Crippen molar-refractivity contribution in [2.45, 2.75) is 37.8 Å². The molecule has 0 aliphatic rings. The van der Waals surface area contributed by atoms with Gasteiger partial charge in [-0.3, -0.25) is 4.79 Å². The first-order valence-electron chi connectivity index (χ1n) is 9.43. The highest BCUT2D eigenvalue weighted by Crippen LogP contribution is 2.41. The Morgan fingerprint density at radius 2 is 1.75 bits per heavy atom. The summed E-state index contributed by atoms with van der Waals surface area (Å²) in [5.74, 6) is -0.177. The SMILES string of the molecule is CO[C@@H](C)CC(=O)NCc1ccc(NC[C@](O)(c2cc(Br)cc(Br)c2)C(F)(F)F)cc1Br. The quantitative estimate of drug-likeness (QED) is 0.319. The number of aliphatic hydroxyl groups is 1. The number of alkyl halides is 3. The standard InChI is InChI=1S/C21H22Br3F3N2O3/c1-12(32-2)5-19(30)28-10-13-3-4-17(9-18(13)24)29-11-20(31,21(25,26)27)14-6-15(22)8-16(23)7-14/h3-4,6-9,12,29,31H,5,10-11H2,1-2H3,(H,28,30)/t12-,20-/m0/s1. The van der Waals surface area contributed by atoms with Crippen molar-refractivity contribution in [3.8, 4) is 0 Å². The fourth-order valence-electron chi connectivity index (χ4n) is 2.80. The van der Waals surface area contributed by atoms with Crippen LogP contribution in [0.25, 0.3) is 0 Å². The lowest BCUT2D eigenvalue weighted by molar-refractivity contribution is -0.260. The predicted octanol–water partition coefficient (Wildman–Crippen LogP) is 5.88. The number of ether oxygens (including phenoxy) is 1. The summed E-state index contributed by atoms with van der Waals surface area (Å²) in [5.41, 5.74) is -2.30. The van der Waals surface area contributed by atoms with Crippen molar-refractivity contribution < 1.29 is 27.8 Å². The molecule has 0 saturated carbocycles. The first kappa shape index (κ1) is 27.1. The van der Waals surface area contributed by atoms with E-state index in [0.717, 1.165) is 5.56 Å². The van der Waals surface area contributed by atoms with Gasteiger partial charge in [-0.05, 0) is 48.4 Å². The summed E-state index contributed by atoms with van der Waals surface area (Å²) < 4.78 is 47.9. The molecule has 0 heterocycles. The molecule has 2 aromatic carbocycles. The van der Waals surface area contributed by atoms with Crippen LogP contribution in [0.1, 0.15) is 24.5 Å². The maximum absolute atomic E-state index is 13.8. The molecule has 0 spiro atoms. The lowest BCUT2D eigenvalue weighted by atomic mass is 9.93. The van der Waals surface area contributed by atoms with Crippen LogP contribution in [0.5, 0.6) is 0 Å². The van der Waals surface area contributed by atoms with E-state index in [1.807, 2.05) is 0 Å². The van der Waals surface area contributed by atoms with Gasteiger partial charge >= 0.3 is 6.18 Å². The maximum Gasteiger partial charge on any atom is 0.423 e. The molecule has 11 heteroatoms. The lowest BCUT2D eigenvalue weighted by Crippen LogP contribution is -2.47. The number of methoxy groups -OCH3 is 1. The fourth-order valence-corrected chi connectivity index (χ4v) is 4.61. The number of carbonyl (C=O) groups excluding carboxylic acids is 1. The number of carbonyl (C=O) groups is 1. The summed E-state index contributed by atoms with van der Waals surface area (Å²) in [4.78, 5) is 11.9. The van der Waals surface area contributed by atoms with Gasteiger partial charge in [-0.1, -0.05) is 53.9 Å². The van der Waals surface area contributed by atoms with Crippen molar-refractivity contribution in [1.29, 1.82) is 0 Å². The Balaban J connectivity index is 2.12. The molecule has 176 valence electrons. The smallest absolute Gasteiger partial charge is 0.381 e. The number of nitrogens with one attached hydrogen (secondary N) is 2. The summed E-state index contributed by atoms with van der Waals surface area (Å²) in [7, 11) is 1.52. The van der Waals surface area contributed by atoms with Crippen molar-refractivity contribution in [2.75, 3.05) is 19.0 Å². The highest BCUT2D eigenvalue weighted by molar-refractivity contribution is 9.11. The normalized spacial score (nSPS) is 14.5. The Bertz CT molecular complexity index is 939. The van der Waals surface area contributed by atoms with Gasteiger partial charge in [0.2, 0.25) is 11.5 Å². The van der Waals surface area contributed by atoms with Crippen LogP contribution in [0.2, 0.25) is 0 Å². The van der Waals surface area contributed by atoms with Crippen molar-refractivity contribution in [2.24, 2.45) is 0 Å². The van der Waals surface area contributed by atoms with E-state index in [1.165, 1.54) is 19.2 Å². The molecule has 0 bridgehead atoms.